The van der Waals surface area contributed by atoms with Gasteiger partial charge in [-0.1, -0.05) is 30.3 Å². The zero-order valence-corrected chi connectivity index (χ0v) is 10.3. The van der Waals surface area contributed by atoms with Crippen molar-refractivity contribution in [3.05, 3.63) is 54.9 Å². The highest BCUT2D eigenvalue weighted by Gasteiger charge is 2.09. The quantitative estimate of drug-likeness (QED) is 0.537. The monoisotopic (exact) mass is 249 g/mol. The van der Waals surface area contributed by atoms with Crippen molar-refractivity contribution in [1.82, 2.24) is 9.97 Å². The number of rotatable bonds is 1. The van der Waals surface area contributed by atoms with Crippen LogP contribution in [0.5, 0.6) is 0 Å². The minimum absolute atomic E-state index is 0.990. The van der Waals surface area contributed by atoms with Crippen LogP contribution in [0.3, 0.4) is 0 Å². The van der Waals surface area contributed by atoms with Crippen molar-refractivity contribution in [2.24, 2.45) is 0 Å². The summed E-state index contributed by atoms with van der Waals surface area (Å²) in [5.74, 6) is 0. The van der Waals surface area contributed by atoms with E-state index in [-0.39, 0.29) is 0 Å². The first kappa shape index (κ1) is 9.85. The van der Waals surface area contributed by atoms with E-state index in [1.165, 1.54) is 20.5 Å². The van der Waals surface area contributed by atoms with E-state index in [0.717, 1.165) is 11.0 Å². The Morgan fingerprint density at radius 2 is 2.00 bits per heavy atom. The van der Waals surface area contributed by atoms with E-state index in [9.17, 15) is 0 Å². The molecule has 0 atom stereocenters. The number of hydrogen-bond donors (Lipinski definition) is 1. The van der Waals surface area contributed by atoms with Crippen LogP contribution >= 0.6 is 11.3 Å². The van der Waals surface area contributed by atoms with Gasteiger partial charge >= 0.3 is 0 Å². The molecule has 18 heavy (non-hydrogen) atoms. The standard InChI is InChI=1S/C15H9N2S/c1-2-7-13-10(4-1)8-14(18-13)11-5-3-6-12-15(11)17-9-16-12/h1-8H,(H,16,17). The molecule has 0 aliphatic heterocycles. The molecule has 3 heteroatoms. The van der Waals surface area contributed by atoms with Crippen LogP contribution in [0.25, 0.3) is 31.6 Å². The number of aromatic nitrogens is 2. The number of nitrogens with zero attached hydrogens (tertiary/aromatic N) is 1. The summed E-state index contributed by atoms with van der Waals surface area (Å²) in [6.07, 6.45) is 2.81. The molecule has 1 radical (unpaired) electrons. The molecular weight excluding hydrogens is 240 g/mol. The fourth-order valence-electron chi connectivity index (χ4n) is 2.22. The number of hydrogen-bond acceptors (Lipinski definition) is 2. The lowest BCUT2D eigenvalue weighted by atomic mass is 10.1. The molecule has 0 saturated heterocycles. The number of imidazole rings is 1. The van der Waals surface area contributed by atoms with E-state index in [0.29, 0.717) is 0 Å². The fourth-order valence-corrected chi connectivity index (χ4v) is 3.31. The fraction of sp³-hybridized carbons (Fsp3) is 0. The Morgan fingerprint density at radius 3 is 2.94 bits per heavy atom. The number of benzene rings is 2. The molecule has 2 aromatic heterocycles. The third kappa shape index (κ3) is 1.38. The maximum atomic E-state index is 4.29. The van der Waals surface area contributed by atoms with Crippen LogP contribution in [-0.4, -0.2) is 9.97 Å². The molecule has 4 rings (SSSR count). The van der Waals surface area contributed by atoms with Gasteiger partial charge < -0.3 is 4.98 Å². The van der Waals surface area contributed by atoms with Crippen molar-refractivity contribution in [3.63, 3.8) is 0 Å². The molecule has 0 aliphatic carbocycles. The molecule has 0 spiro atoms. The number of fused-ring (bicyclic) bond motifs is 2. The molecule has 85 valence electrons. The van der Waals surface area contributed by atoms with Gasteiger partial charge in [0.1, 0.15) is 0 Å². The lowest BCUT2D eigenvalue weighted by molar-refractivity contribution is 1.32. The SMILES string of the molecule is [c]1nc2c(-c3cc4ccccc4s3)cccc2[nH]1. The van der Waals surface area contributed by atoms with Crippen LogP contribution < -0.4 is 0 Å². The van der Waals surface area contributed by atoms with Gasteiger partial charge in [-0.15, -0.1) is 11.3 Å². The third-order valence-corrected chi connectivity index (χ3v) is 4.23. The van der Waals surface area contributed by atoms with Gasteiger partial charge in [0.2, 0.25) is 0 Å². The first-order valence-electron chi connectivity index (χ1n) is 5.75. The van der Waals surface area contributed by atoms with Gasteiger partial charge in [0.25, 0.3) is 0 Å². The van der Waals surface area contributed by atoms with E-state index in [1.54, 1.807) is 11.3 Å². The minimum Gasteiger partial charge on any atom is -0.335 e. The maximum Gasteiger partial charge on any atom is 0.174 e. The van der Waals surface area contributed by atoms with Crippen LogP contribution in [-0.2, 0) is 0 Å². The molecular formula is C15H9N2S. The summed E-state index contributed by atoms with van der Waals surface area (Å²) < 4.78 is 1.31. The molecule has 1 N–H and O–H groups in total. The summed E-state index contributed by atoms with van der Waals surface area (Å²) in [6, 6.07) is 16.9. The van der Waals surface area contributed by atoms with Crippen molar-refractivity contribution in [3.8, 4) is 10.4 Å². The molecule has 4 aromatic rings. The number of nitrogens with one attached hydrogen (secondary N) is 1. The van der Waals surface area contributed by atoms with Crippen LogP contribution in [0.15, 0.2) is 48.5 Å². The predicted molar refractivity (Wildman–Crippen MR) is 75.7 cm³/mol. The highest BCUT2D eigenvalue weighted by atomic mass is 32.1. The van der Waals surface area contributed by atoms with Gasteiger partial charge in [0.15, 0.2) is 6.33 Å². The largest absolute Gasteiger partial charge is 0.335 e. The molecule has 0 aliphatic rings. The van der Waals surface area contributed by atoms with Gasteiger partial charge in [0.05, 0.1) is 11.0 Å². The summed E-state index contributed by atoms with van der Waals surface area (Å²) in [5, 5.41) is 1.29. The zero-order chi connectivity index (χ0) is 11.9. The number of para-hydroxylation sites is 1. The average Bonchev–Trinajstić information content (AvgIpc) is 3.04. The van der Waals surface area contributed by atoms with Gasteiger partial charge in [-0.05, 0) is 23.6 Å². The third-order valence-electron chi connectivity index (χ3n) is 3.09. The lowest BCUT2D eigenvalue weighted by Crippen LogP contribution is -1.75. The van der Waals surface area contributed by atoms with Crippen molar-refractivity contribution < 1.29 is 0 Å². The summed E-state index contributed by atoms with van der Waals surface area (Å²) in [4.78, 5) is 8.58. The average molecular weight is 249 g/mol. The predicted octanol–water partition coefficient (Wildman–Crippen LogP) is 4.24. The molecule has 2 heterocycles. The minimum atomic E-state index is 0.990. The molecule has 0 bridgehead atoms. The second-order valence-electron chi connectivity index (χ2n) is 4.20. The molecule has 0 fully saturated rings. The Labute approximate surface area is 108 Å². The van der Waals surface area contributed by atoms with Crippen LogP contribution in [0.4, 0.5) is 0 Å². The van der Waals surface area contributed by atoms with E-state index in [4.69, 9.17) is 0 Å². The first-order chi connectivity index (χ1) is 8.92. The number of H-pyrrole nitrogens is 1. The number of thiophene rings is 1. The normalized spacial score (nSPS) is 11.3. The topological polar surface area (TPSA) is 28.7 Å². The van der Waals surface area contributed by atoms with Crippen LogP contribution in [0, 0.1) is 6.33 Å². The molecule has 2 nitrogen and oxygen atoms in total. The van der Waals surface area contributed by atoms with Crippen molar-refractivity contribution in [2.75, 3.05) is 0 Å². The van der Waals surface area contributed by atoms with E-state index < -0.39 is 0 Å². The van der Waals surface area contributed by atoms with E-state index >= 15 is 0 Å². The van der Waals surface area contributed by atoms with Crippen LogP contribution in [0.2, 0.25) is 0 Å². The van der Waals surface area contributed by atoms with E-state index in [2.05, 4.69) is 52.7 Å². The Bertz CT molecular complexity index is 809. The van der Waals surface area contributed by atoms with Gasteiger partial charge in [0, 0.05) is 15.1 Å². The van der Waals surface area contributed by atoms with Gasteiger partial charge in [-0.3, -0.25) is 0 Å². The Kier molecular flexibility index (Phi) is 2.02. The molecule has 0 unspecified atom stereocenters. The van der Waals surface area contributed by atoms with Crippen molar-refractivity contribution in [2.45, 2.75) is 0 Å². The lowest BCUT2D eigenvalue weighted by Gasteiger charge is -1.97. The summed E-state index contributed by atoms with van der Waals surface area (Å²) >= 11 is 1.80. The maximum absolute atomic E-state index is 4.29. The molecule has 2 aromatic carbocycles. The first-order valence-corrected chi connectivity index (χ1v) is 6.57. The van der Waals surface area contributed by atoms with E-state index in [1.807, 2.05) is 12.1 Å². The highest BCUT2D eigenvalue weighted by Crippen LogP contribution is 2.35. The Morgan fingerprint density at radius 1 is 1.06 bits per heavy atom. The highest BCUT2D eigenvalue weighted by molar-refractivity contribution is 7.22. The van der Waals surface area contributed by atoms with Crippen molar-refractivity contribution >= 4 is 32.5 Å². The second kappa shape index (κ2) is 3.68. The summed E-state index contributed by atoms with van der Waals surface area (Å²) in [6.45, 7) is 0. The zero-order valence-electron chi connectivity index (χ0n) is 9.47. The second-order valence-corrected chi connectivity index (χ2v) is 5.28. The van der Waals surface area contributed by atoms with Crippen LogP contribution in [0.1, 0.15) is 0 Å². The smallest absolute Gasteiger partial charge is 0.174 e. The van der Waals surface area contributed by atoms with Gasteiger partial charge in [-0.25, -0.2) is 4.98 Å². The summed E-state index contributed by atoms with van der Waals surface area (Å²) in [7, 11) is 0. The Balaban J connectivity index is 2.04. The molecule has 0 saturated carbocycles. The van der Waals surface area contributed by atoms with Crippen molar-refractivity contribution in [1.29, 1.82) is 0 Å². The summed E-state index contributed by atoms with van der Waals surface area (Å²) in [5.41, 5.74) is 3.19. The Hall–Kier alpha value is -2.13. The molecule has 0 amide bonds. The number of aromatic amines is 1. The van der Waals surface area contributed by atoms with Gasteiger partial charge in [-0.2, -0.15) is 0 Å².